The molecule has 0 spiro atoms. The Kier molecular flexibility index (Phi) is 5.82. The first-order chi connectivity index (χ1) is 16.0. The fraction of sp³-hybridized carbons (Fsp3) is 0.435. The third-order valence-electron chi connectivity index (χ3n) is 6.44. The van der Waals surface area contributed by atoms with Crippen molar-refractivity contribution in [3.63, 3.8) is 0 Å². The molecule has 0 saturated carbocycles. The van der Waals surface area contributed by atoms with E-state index in [1.54, 1.807) is 18.0 Å². The van der Waals surface area contributed by atoms with Crippen LogP contribution in [0.2, 0.25) is 0 Å². The van der Waals surface area contributed by atoms with Crippen molar-refractivity contribution in [3.05, 3.63) is 59.3 Å². The van der Waals surface area contributed by atoms with Crippen LogP contribution in [0.4, 0.5) is 24.8 Å². The van der Waals surface area contributed by atoms with Crippen molar-refractivity contribution >= 4 is 11.6 Å². The van der Waals surface area contributed by atoms with Crippen LogP contribution in [0, 0.1) is 17.5 Å². The second kappa shape index (κ2) is 8.92. The molecule has 1 aromatic carbocycles. The molecule has 1 unspecified atom stereocenters. The monoisotopic (exact) mass is 458 g/mol. The maximum atomic E-state index is 14.4. The van der Waals surface area contributed by atoms with E-state index >= 15 is 0 Å². The number of nitrogens with one attached hydrogen (secondary N) is 1. The van der Waals surface area contributed by atoms with Crippen molar-refractivity contribution in [2.75, 3.05) is 30.4 Å². The summed E-state index contributed by atoms with van der Waals surface area (Å²) in [5.74, 6) is -2.58. The number of hydrogen-bond acceptors (Lipinski definition) is 6. The number of benzene rings is 1. The molecule has 33 heavy (non-hydrogen) atoms. The number of halogens is 3. The second-order valence-electron chi connectivity index (χ2n) is 8.44. The van der Waals surface area contributed by atoms with E-state index in [0.717, 1.165) is 44.1 Å². The van der Waals surface area contributed by atoms with Crippen LogP contribution in [-0.4, -0.2) is 46.0 Å². The number of rotatable bonds is 5. The van der Waals surface area contributed by atoms with E-state index in [4.69, 9.17) is 4.74 Å². The Hall–Kier alpha value is -3.30. The van der Waals surface area contributed by atoms with E-state index in [0.29, 0.717) is 30.6 Å². The van der Waals surface area contributed by atoms with Crippen LogP contribution in [0.3, 0.4) is 0 Å². The molecule has 3 aromatic rings. The zero-order chi connectivity index (χ0) is 22.9. The third-order valence-corrected chi connectivity index (χ3v) is 6.44. The lowest BCUT2D eigenvalue weighted by molar-refractivity contribution is 0.397. The number of methoxy groups -OCH3 is 1. The minimum Gasteiger partial charge on any atom is -0.481 e. The van der Waals surface area contributed by atoms with Crippen molar-refractivity contribution in [1.82, 2.24) is 19.7 Å². The molecule has 2 aliphatic heterocycles. The molecule has 1 fully saturated rings. The maximum absolute atomic E-state index is 14.4. The molecule has 1 saturated heterocycles. The van der Waals surface area contributed by atoms with Crippen LogP contribution in [0.15, 0.2) is 30.5 Å². The SMILES string of the molecule is COc1cc(N2CCC(Nc3nc4n(n3)CCCC4c3ccc(F)c(F)c3F)CC2)ccn1. The molecule has 174 valence electrons. The van der Waals surface area contributed by atoms with Crippen molar-refractivity contribution < 1.29 is 17.9 Å². The third kappa shape index (κ3) is 4.21. The van der Waals surface area contributed by atoms with Gasteiger partial charge in [-0.25, -0.2) is 22.8 Å². The summed E-state index contributed by atoms with van der Waals surface area (Å²) < 4.78 is 48.6. The lowest BCUT2D eigenvalue weighted by Gasteiger charge is -2.33. The zero-order valence-corrected chi connectivity index (χ0v) is 18.3. The molecule has 10 heteroatoms. The molecule has 4 heterocycles. The average molecular weight is 458 g/mol. The van der Waals surface area contributed by atoms with Gasteiger partial charge in [0.05, 0.1) is 7.11 Å². The van der Waals surface area contributed by atoms with Gasteiger partial charge in [-0.3, -0.25) is 0 Å². The van der Waals surface area contributed by atoms with Crippen molar-refractivity contribution in [2.24, 2.45) is 0 Å². The Labute approximate surface area is 189 Å². The molecule has 0 bridgehead atoms. The van der Waals surface area contributed by atoms with E-state index in [9.17, 15) is 13.2 Å². The van der Waals surface area contributed by atoms with E-state index in [1.807, 2.05) is 12.1 Å². The highest BCUT2D eigenvalue weighted by atomic mass is 19.2. The Morgan fingerprint density at radius 2 is 1.85 bits per heavy atom. The van der Waals surface area contributed by atoms with Gasteiger partial charge >= 0.3 is 0 Å². The van der Waals surface area contributed by atoms with E-state index < -0.39 is 23.4 Å². The molecule has 2 aliphatic rings. The number of aromatic nitrogens is 4. The first-order valence-electron chi connectivity index (χ1n) is 11.1. The molecule has 0 amide bonds. The smallest absolute Gasteiger partial charge is 0.242 e. The first-order valence-corrected chi connectivity index (χ1v) is 11.1. The number of anilines is 2. The van der Waals surface area contributed by atoms with Crippen LogP contribution >= 0.6 is 0 Å². The summed E-state index contributed by atoms with van der Waals surface area (Å²) in [7, 11) is 1.60. The standard InChI is InChI=1S/C23H25F3N6O/c1-33-19-13-15(6-9-27-19)31-11-7-14(8-12-31)28-23-29-22-17(3-2-10-32(22)30-23)16-4-5-18(24)21(26)20(16)25/h4-6,9,13-14,17H,2-3,7-8,10-12H2,1H3,(H,28,30). The maximum Gasteiger partial charge on any atom is 0.242 e. The highest BCUT2D eigenvalue weighted by molar-refractivity contribution is 5.48. The molecule has 1 N–H and O–H groups in total. The lowest BCUT2D eigenvalue weighted by Crippen LogP contribution is -2.39. The van der Waals surface area contributed by atoms with Gasteiger partial charge in [0.2, 0.25) is 11.8 Å². The predicted octanol–water partition coefficient (Wildman–Crippen LogP) is 4.11. The van der Waals surface area contributed by atoms with Crippen molar-refractivity contribution in [1.29, 1.82) is 0 Å². The number of hydrogen-bond donors (Lipinski definition) is 1. The summed E-state index contributed by atoms with van der Waals surface area (Å²) in [6.07, 6.45) is 4.90. The molecule has 7 nitrogen and oxygen atoms in total. The fourth-order valence-electron chi connectivity index (χ4n) is 4.69. The fourth-order valence-corrected chi connectivity index (χ4v) is 4.69. The molecule has 0 radical (unpaired) electrons. The Morgan fingerprint density at radius 1 is 1.03 bits per heavy atom. The minimum absolute atomic E-state index is 0.120. The van der Waals surface area contributed by atoms with Crippen LogP contribution < -0.4 is 15.0 Å². The van der Waals surface area contributed by atoms with Crippen molar-refractivity contribution in [3.8, 4) is 5.88 Å². The largest absolute Gasteiger partial charge is 0.481 e. The molecule has 2 aromatic heterocycles. The van der Waals surface area contributed by atoms with Crippen LogP contribution in [0.25, 0.3) is 0 Å². The molecule has 1 atom stereocenters. The van der Waals surface area contributed by atoms with Crippen LogP contribution in [0.5, 0.6) is 5.88 Å². The highest BCUT2D eigenvalue weighted by Crippen LogP contribution is 2.35. The van der Waals surface area contributed by atoms with Gasteiger partial charge in [-0.05, 0) is 37.8 Å². The topological polar surface area (TPSA) is 68.1 Å². The quantitative estimate of drug-likeness (QED) is 0.581. The van der Waals surface area contributed by atoms with Gasteiger partial charge in [-0.1, -0.05) is 6.07 Å². The normalized spacial score (nSPS) is 18.8. The first kappa shape index (κ1) is 21.5. The summed E-state index contributed by atoms with van der Waals surface area (Å²) in [6, 6.07) is 6.37. The summed E-state index contributed by atoms with van der Waals surface area (Å²) in [6.45, 7) is 2.39. The highest BCUT2D eigenvalue weighted by Gasteiger charge is 2.30. The summed E-state index contributed by atoms with van der Waals surface area (Å²) >= 11 is 0. The number of nitrogens with zero attached hydrogens (tertiary/aromatic N) is 5. The van der Waals surface area contributed by atoms with Gasteiger partial charge in [0.25, 0.3) is 0 Å². The zero-order valence-electron chi connectivity index (χ0n) is 18.3. The number of fused-ring (bicyclic) bond motifs is 1. The van der Waals surface area contributed by atoms with Gasteiger partial charge in [0.1, 0.15) is 5.82 Å². The minimum atomic E-state index is -1.44. The van der Waals surface area contributed by atoms with Crippen LogP contribution in [-0.2, 0) is 6.54 Å². The number of piperidine rings is 1. The van der Waals surface area contributed by atoms with E-state index in [2.05, 4.69) is 25.3 Å². The van der Waals surface area contributed by atoms with Gasteiger partial charge in [-0.15, -0.1) is 5.10 Å². The van der Waals surface area contributed by atoms with Gasteiger partial charge in [0, 0.05) is 55.1 Å². The molecular formula is C23H25F3N6O. The van der Waals surface area contributed by atoms with Crippen LogP contribution in [0.1, 0.15) is 43.0 Å². The molecule has 0 aliphatic carbocycles. The van der Waals surface area contributed by atoms with Crippen molar-refractivity contribution in [2.45, 2.75) is 44.2 Å². The summed E-state index contributed by atoms with van der Waals surface area (Å²) in [4.78, 5) is 11.1. The molecular weight excluding hydrogens is 433 g/mol. The van der Waals surface area contributed by atoms with E-state index in [1.165, 1.54) is 6.07 Å². The Balaban J connectivity index is 1.28. The number of pyridine rings is 1. The average Bonchev–Trinajstić information content (AvgIpc) is 3.26. The molecule has 5 rings (SSSR count). The van der Waals surface area contributed by atoms with Gasteiger partial charge in [-0.2, -0.15) is 4.98 Å². The second-order valence-corrected chi connectivity index (χ2v) is 8.44. The van der Waals surface area contributed by atoms with E-state index in [-0.39, 0.29) is 11.6 Å². The van der Waals surface area contributed by atoms with Gasteiger partial charge in [0.15, 0.2) is 17.5 Å². The number of ether oxygens (including phenoxy) is 1. The Morgan fingerprint density at radius 3 is 2.64 bits per heavy atom. The Bertz CT molecular complexity index is 1150. The number of aryl methyl sites for hydroxylation is 1. The lowest BCUT2D eigenvalue weighted by atomic mass is 9.90. The predicted molar refractivity (Wildman–Crippen MR) is 117 cm³/mol. The summed E-state index contributed by atoms with van der Waals surface area (Å²) in [5.41, 5.74) is 1.20. The summed E-state index contributed by atoms with van der Waals surface area (Å²) in [5, 5.41) is 7.96. The van der Waals surface area contributed by atoms with Gasteiger partial charge < -0.3 is 15.0 Å².